The molecule has 0 radical (unpaired) electrons. The molecule has 0 aromatic heterocycles. The standard InChI is InChI=1S/C23H26N2O2/c1-15-11-16(2)13-19(12-15)23(27)25(21-9-10-21)14-17-3-5-18(6-4-17)22(26)24-20-7-8-20/h3-6,11-13,20-21H,7-10,14H2,1-2H3,(H,24,26). The van der Waals surface area contributed by atoms with Crippen molar-refractivity contribution in [2.45, 2.75) is 58.2 Å². The van der Waals surface area contributed by atoms with Crippen molar-refractivity contribution >= 4 is 11.8 Å². The molecule has 2 aliphatic carbocycles. The number of hydrogen-bond donors (Lipinski definition) is 1. The summed E-state index contributed by atoms with van der Waals surface area (Å²) < 4.78 is 0. The number of hydrogen-bond acceptors (Lipinski definition) is 2. The second-order valence-corrected chi connectivity index (χ2v) is 7.99. The van der Waals surface area contributed by atoms with Gasteiger partial charge in [0.15, 0.2) is 0 Å². The topological polar surface area (TPSA) is 49.4 Å². The zero-order chi connectivity index (χ0) is 19.0. The fraction of sp³-hybridized carbons (Fsp3) is 0.391. The molecule has 0 unspecified atom stereocenters. The van der Waals surface area contributed by atoms with E-state index in [2.05, 4.69) is 11.4 Å². The molecule has 2 aliphatic rings. The Kier molecular flexibility index (Phi) is 4.73. The van der Waals surface area contributed by atoms with Crippen LogP contribution in [0.25, 0.3) is 0 Å². The lowest BCUT2D eigenvalue weighted by molar-refractivity contribution is 0.0729. The van der Waals surface area contributed by atoms with Gasteiger partial charge in [0.1, 0.15) is 0 Å². The van der Waals surface area contributed by atoms with Crippen LogP contribution in [0.5, 0.6) is 0 Å². The monoisotopic (exact) mass is 362 g/mol. The van der Waals surface area contributed by atoms with Crippen molar-refractivity contribution in [3.05, 3.63) is 70.3 Å². The maximum absolute atomic E-state index is 13.1. The third-order valence-electron chi connectivity index (χ3n) is 5.20. The minimum atomic E-state index is -0.00517. The van der Waals surface area contributed by atoms with E-state index in [4.69, 9.17) is 0 Å². The van der Waals surface area contributed by atoms with Crippen molar-refractivity contribution in [1.29, 1.82) is 0 Å². The first kappa shape index (κ1) is 17.8. The highest BCUT2D eigenvalue weighted by Gasteiger charge is 2.33. The lowest BCUT2D eigenvalue weighted by atomic mass is 10.1. The van der Waals surface area contributed by atoms with E-state index in [-0.39, 0.29) is 11.8 Å². The van der Waals surface area contributed by atoms with Crippen LogP contribution in [-0.2, 0) is 6.54 Å². The predicted octanol–water partition coefficient (Wildman–Crippen LogP) is 4.00. The van der Waals surface area contributed by atoms with Crippen LogP contribution in [0.15, 0.2) is 42.5 Å². The van der Waals surface area contributed by atoms with Crippen LogP contribution in [0.2, 0.25) is 0 Å². The average molecular weight is 362 g/mol. The number of rotatable bonds is 6. The van der Waals surface area contributed by atoms with Crippen molar-refractivity contribution in [2.75, 3.05) is 0 Å². The Morgan fingerprint density at radius 1 is 0.926 bits per heavy atom. The second-order valence-electron chi connectivity index (χ2n) is 7.99. The van der Waals surface area contributed by atoms with Gasteiger partial charge in [-0.1, -0.05) is 29.3 Å². The summed E-state index contributed by atoms with van der Waals surface area (Å²) in [6.07, 6.45) is 4.30. The first-order valence-electron chi connectivity index (χ1n) is 9.78. The van der Waals surface area contributed by atoms with Gasteiger partial charge in [0.25, 0.3) is 11.8 Å². The van der Waals surface area contributed by atoms with E-state index in [0.717, 1.165) is 47.9 Å². The van der Waals surface area contributed by atoms with Crippen LogP contribution in [0, 0.1) is 13.8 Å². The SMILES string of the molecule is Cc1cc(C)cc(C(=O)N(Cc2ccc(C(=O)NC3CC3)cc2)C2CC2)c1. The summed E-state index contributed by atoms with van der Waals surface area (Å²) in [7, 11) is 0. The molecule has 2 amide bonds. The molecule has 0 saturated heterocycles. The van der Waals surface area contributed by atoms with E-state index in [1.807, 2.05) is 55.1 Å². The molecule has 27 heavy (non-hydrogen) atoms. The maximum atomic E-state index is 13.1. The van der Waals surface area contributed by atoms with Gasteiger partial charge < -0.3 is 10.2 Å². The summed E-state index contributed by atoms with van der Waals surface area (Å²) in [6.45, 7) is 4.63. The molecule has 2 saturated carbocycles. The summed E-state index contributed by atoms with van der Waals surface area (Å²) in [4.78, 5) is 27.2. The normalized spacial score (nSPS) is 16.1. The Balaban J connectivity index is 1.48. The minimum Gasteiger partial charge on any atom is -0.349 e. The summed E-state index contributed by atoms with van der Waals surface area (Å²) in [5.41, 5.74) is 4.73. The summed E-state index contributed by atoms with van der Waals surface area (Å²) >= 11 is 0. The first-order chi connectivity index (χ1) is 13.0. The van der Waals surface area contributed by atoms with Crippen LogP contribution in [0.3, 0.4) is 0 Å². The second kappa shape index (κ2) is 7.18. The number of nitrogens with one attached hydrogen (secondary N) is 1. The quantitative estimate of drug-likeness (QED) is 0.844. The highest BCUT2D eigenvalue weighted by Crippen LogP contribution is 2.30. The Morgan fingerprint density at radius 3 is 2.11 bits per heavy atom. The Bertz CT molecular complexity index is 844. The van der Waals surface area contributed by atoms with Crippen molar-refractivity contribution in [1.82, 2.24) is 10.2 Å². The van der Waals surface area contributed by atoms with Gasteiger partial charge in [-0.05, 0) is 69.4 Å². The molecule has 0 spiro atoms. The van der Waals surface area contributed by atoms with Gasteiger partial charge in [-0.2, -0.15) is 0 Å². The Hall–Kier alpha value is -2.62. The number of carbonyl (C=O) groups excluding carboxylic acids is 2. The number of benzene rings is 2. The van der Waals surface area contributed by atoms with E-state index in [1.165, 1.54) is 0 Å². The zero-order valence-electron chi connectivity index (χ0n) is 16.0. The molecule has 0 heterocycles. The van der Waals surface area contributed by atoms with Gasteiger partial charge in [-0.25, -0.2) is 0 Å². The first-order valence-corrected chi connectivity index (χ1v) is 9.78. The predicted molar refractivity (Wildman–Crippen MR) is 106 cm³/mol. The van der Waals surface area contributed by atoms with E-state index < -0.39 is 0 Å². The molecule has 0 atom stereocenters. The van der Waals surface area contributed by atoms with Crippen LogP contribution in [0.1, 0.15) is 63.1 Å². The molecule has 4 heteroatoms. The van der Waals surface area contributed by atoms with Crippen LogP contribution >= 0.6 is 0 Å². The zero-order valence-corrected chi connectivity index (χ0v) is 16.0. The number of nitrogens with zero attached hydrogens (tertiary/aromatic N) is 1. The highest BCUT2D eigenvalue weighted by molar-refractivity contribution is 5.95. The van der Waals surface area contributed by atoms with Gasteiger partial charge in [0, 0.05) is 29.8 Å². The molecular weight excluding hydrogens is 336 g/mol. The maximum Gasteiger partial charge on any atom is 0.254 e. The van der Waals surface area contributed by atoms with Crippen molar-refractivity contribution in [3.8, 4) is 0 Å². The molecule has 2 aromatic carbocycles. The molecule has 4 rings (SSSR count). The smallest absolute Gasteiger partial charge is 0.254 e. The van der Waals surface area contributed by atoms with E-state index in [0.29, 0.717) is 24.2 Å². The van der Waals surface area contributed by atoms with E-state index in [1.54, 1.807) is 0 Å². The van der Waals surface area contributed by atoms with Gasteiger partial charge in [-0.15, -0.1) is 0 Å². The molecule has 0 aliphatic heterocycles. The van der Waals surface area contributed by atoms with Crippen LogP contribution < -0.4 is 5.32 Å². The van der Waals surface area contributed by atoms with Crippen LogP contribution in [-0.4, -0.2) is 28.8 Å². The molecule has 1 N–H and O–H groups in total. The van der Waals surface area contributed by atoms with Crippen molar-refractivity contribution in [2.24, 2.45) is 0 Å². The molecular formula is C23H26N2O2. The van der Waals surface area contributed by atoms with Crippen LogP contribution in [0.4, 0.5) is 0 Å². The molecule has 4 nitrogen and oxygen atoms in total. The van der Waals surface area contributed by atoms with Gasteiger partial charge in [-0.3, -0.25) is 9.59 Å². The third-order valence-corrected chi connectivity index (χ3v) is 5.20. The number of amides is 2. The minimum absolute atomic E-state index is 0.00517. The summed E-state index contributed by atoms with van der Waals surface area (Å²) in [5, 5.41) is 3.01. The average Bonchev–Trinajstić information content (AvgIpc) is 3.53. The largest absolute Gasteiger partial charge is 0.349 e. The lowest BCUT2D eigenvalue weighted by Crippen LogP contribution is -2.32. The number of aryl methyl sites for hydroxylation is 2. The Morgan fingerprint density at radius 2 is 1.56 bits per heavy atom. The Labute approximate surface area is 160 Å². The van der Waals surface area contributed by atoms with Gasteiger partial charge >= 0.3 is 0 Å². The van der Waals surface area contributed by atoms with Crippen molar-refractivity contribution in [3.63, 3.8) is 0 Å². The molecule has 2 fully saturated rings. The van der Waals surface area contributed by atoms with E-state index >= 15 is 0 Å². The third kappa shape index (κ3) is 4.38. The lowest BCUT2D eigenvalue weighted by Gasteiger charge is -2.23. The number of carbonyl (C=O) groups is 2. The van der Waals surface area contributed by atoms with Crippen molar-refractivity contribution < 1.29 is 9.59 Å². The van der Waals surface area contributed by atoms with E-state index in [9.17, 15) is 9.59 Å². The highest BCUT2D eigenvalue weighted by atomic mass is 16.2. The summed E-state index contributed by atoms with van der Waals surface area (Å²) in [5.74, 6) is 0.0919. The molecule has 2 aromatic rings. The molecule has 140 valence electrons. The summed E-state index contributed by atoms with van der Waals surface area (Å²) in [6, 6.07) is 14.4. The molecule has 0 bridgehead atoms. The fourth-order valence-corrected chi connectivity index (χ4v) is 3.47. The van der Waals surface area contributed by atoms with Gasteiger partial charge in [0.2, 0.25) is 0 Å². The fourth-order valence-electron chi connectivity index (χ4n) is 3.47. The van der Waals surface area contributed by atoms with Gasteiger partial charge in [0.05, 0.1) is 0 Å².